The average molecular weight is 308 g/mol. The van der Waals surface area contributed by atoms with Gasteiger partial charge in [-0.05, 0) is 37.3 Å². The maximum atomic E-state index is 12.6. The van der Waals surface area contributed by atoms with E-state index in [4.69, 9.17) is 0 Å². The highest BCUT2D eigenvalue weighted by Gasteiger charge is 2.24. The van der Waals surface area contributed by atoms with Gasteiger partial charge in [-0.2, -0.15) is 0 Å². The molecule has 5 heteroatoms. The van der Waals surface area contributed by atoms with Crippen LogP contribution in [0.5, 0.6) is 0 Å². The number of piperidine rings is 1. The number of rotatable bonds is 2. The molecule has 118 valence electrons. The van der Waals surface area contributed by atoms with Crippen molar-refractivity contribution in [2.45, 2.75) is 25.7 Å². The fraction of sp³-hybridized carbons (Fsp3) is 0.389. The first-order chi connectivity index (χ1) is 11.3. The van der Waals surface area contributed by atoms with Crippen LogP contribution in [0, 0.1) is 0 Å². The van der Waals surface area contributed by atoms with Gasteiger partial charge in [-0.15, -0.1) is 0 Å². The second-order valence-electron chi connectivity index (χ2n) is 6.14. The third kappa shape index (κ3) is 2.67. The van der Waals surface area contributed by atoms with Crippen LogP contribution in [-0.2, 0) is 6.42 Å². The van der Waals surface area contributed by atoms with Gasteiger partial charge in [0.25, 0.3) is 5.91 Å². The van der Waals surface area contributed by atoms with Crippen molar-refractivity contribution in [1.29, 1.82) is 0 Å². The van der Waals surface area contributed by atoms with Crippen molar-refractivity contribution < 1.29 is 4.79 Å². The van der Waals surface area contributed by atoms with Crippen molar-refractivity contribution in [2.24, 2.45) is 0 Å². The number of anilines is 2. The first-order valence-electron chi connectivity index (χ1n) is 8.30. The summed E-state index contributed by atoms with van der Waals surface area (Å²) < 4.78 is 0. The van der Waals surface area contributed by atoms with Gasteiger partial charge in [-0.3, -0.25) is 4.79 Å². The fourth-order valence-corrected chi connectivity index (χ4v) is 3.45. The Balaban J connectivity index is 1.61. The number of aromatic nitrogens is 2. The van der Waals surface area contributed by atoms with Gasteiger partial charge in [-0.1, -0.05) is 18.2 Å². The van der Waals surface area contributed by atoms with Gasteiger partial charge in [0, 0.05) is 31.4 Å². The molecular formula is C18H20N4O. The van der Waals surface area contributed by atoms with Gasteiger partial charge in [0.15, 0.2) is 0 Å². The van der Waals surface area contributed by atoms with Crippen LogP contribution in [0.2, 0.25) is 0 Å². The van der Waals surface area contributed by atoms with Gasteiger partial charge >= 0.3 is 0 Å². The lowest BCUT2D eigenvalue weighted by atomic mass is 10.1. The summed E-state index contributed by atoms with van der Waals surface area (Å²) in [5, 5.41) is 0. The van der Waals surface area contributed by atoms with Gasteiger partial charge in [0.1, 0.15) is 17.8 Å². The van der Waals surface area contributed by atoms with Crippen molar-refractivity contribution in [3.8, 4) is 0 Å². The van der Waals surface area contributed by atoms with Gasteiger partial charge < -0.3 is 9.80 Å². The van der Waals surface area contributed by atoms with Crippen LogP contribution in [0.25, 0.3) is 0 Å². The molecule has 2 aliphatic heterocycles. The molecule has 0 bridgehead atoms. The second kappa shape index (κ2) is 5.99. The van der Waals surface area contributed by atoms with Gasteiger partial charge in [0.2, 0.25) is 0 Å². The van der Waals surface area contributed by atoms with E-state index in [1.165, 1.54) is 24.0 Å². The van der Waals surface area contributed by atoms with Crippen molar-refractivity contribution >= 4 is 17.4 Å². The van der Waals surface area contributed by atoms with E-state index in [0.29, 0.717) is 5.69 Å². The summed E-state index contributed by atoms with van der Waals surface area (Å²) in [4.78, 5) is 25.3. The summed E-state index contributed by atoms with van der Waals surface area (Å²) in [6.45, 7) is 2.57. The molecule has 0 spiro atoms. The molecule has 1 aromatic carbocycles. The molecule has 0 saturated carbocycles. The van der Waals surface area contributed by atoms with Crippen molar-refractivity contribution in [3.63, 3.8) is 0 Å². The molecule has 23 heavy (non-hydrogen) atoms. The van der Waals surface area contributed by atoms with Crippen LogP contribution in [0.4, 0.5) is 11.5 Å². The molecule has 1 aromatic heterocycles. The standard InChI is InChI=1S/C18H20N4O/c23-18(21-9-4-1-5-10-21)15-12-17(20-13-19-15)22-11-8-14-6-2-3-7-16(14)22/h2-3,6-7,12-13H,1,4-5,8-11H2. The van der Waals surface area contributed by atoms with E-state index in [-0.39, 0.29) is 5.91 Å². The molecule has 1 saturated heterocycles. The molecule has 2 aliphatic rings. The Kier molecular flexibility index (Phi) is 3.69. The highest BCUT2D eigenvalue weighted by molar-refractivity contribution is 5.93. The van der Waals surface area contributed by atoms with E-state index >= 15 is 0 Å². The first-order valence-corrected chi connectivity index (χ1v) is 8.30. The Bertz CT molecular complexity index is 724. The van der Waals surface area contributed by atoms with Crippen molar-refractivity contribution in [3.05, 3.63) is 47.9 Å². The summed E-state index contributed by atoms with van der Waals surface area (Å²) >= 11 is 0. The minimum atomic E-state index is 0.0285. The minimum Gasteiger partial charge on any atom is -0.337 e. The smallest absolute Gasteiger partial charge is 0.272 e. The normalized spacial score (nSPS) is 17.2. The number of carbonyl (C=O) groups is 1. The number of para-hydroxylation sites is 1. The fourth-order valence-electron chi connectivity index (χ4n) is 3.45. The van der Waals surface area contributed by atoms with E-state index in [0.717, 1.165) is 44.7 Å². The summed E-state index contributed by atoms with van der Waals surface area (Å²) in [5.74, 6) is 0.839. The van der Waals surface area contributed by atoms with Crippen LogP contribution >= 0.6 is 0 Å². The molecule has 0 N–H and O–H groups in total. The van der Waals surface area contributed by atoms with Crippen molar-refractivity contribution in [2.75, 3.05) is 24.5 Å². The van der Waals surface area contributed by atoms with Gasteiger partial charge in [0.05, 0.1) is 0 Å². The molecule has 0 atom stereocenters. The predicted molar refractivity (Wildman–Crippen MR) is 88.9 cm³/mol. The number of fused-ring (bicyclic) bond motifs is 1. The lowest BCUT2D eigenvalue weighted by Gasteiger charge is -2.26. The molecule has 5 nitrogen and oxygen atoms in total. The lowest BCUT2D eigenvalue weighted by Crippen LogP contribution is -2.36. The third-order valence-electron chi connectivity index (χ3n) is 4.68. The third-order valence-corrected chi connectivity index (χ3v) is 4.68. The molecule has 4 rings (SSSR count). The van der Waals surface area contributed by atoms with E-state index < -0.39 is 0 Å². The summed E-state index contributed by atoms with van der Waals surface area (Å²) in [7, 11) is 0. The highest BCUT2D eigenvalue weighted by atomic mass is 16.2. The van der Waals surface area contributed by atoms with Crippen LogP contribution < -0.4 is 4.90 Å². The zero-order valence-electron chi connectivity index (χ0n) is 13.1. The van der Waals surface area contributed by atoms with E-state index in [9.17, 15) is 4.79 Å². The number of nitrogens with zero attached hydrogens (tertiary/aromatic N) is 4. The molecule has 0 aliphatic carbocycles. The zero-order valence-corrected chi connectivity index (χ0v) is 13.1. The number of hydrogen-bond acceptors (Lipinski definition) is 4. The minimum absolute atomic E-state index is 0.0285. The average Bonchev–Trinajstić information content (AvgIpc) is 3.06. The molecule has 1 amide bonds. The summed E-state index contributed by atoms with van der Waals surface area (Å²) in [5.41, 5.74) is 3.01. The van der Waals surface area contributed by atoms with Crippen LogP contribution in [0.3, 0.4) is 0 Å². The predicted octanol–water partition coefficient (Wildman–Crippen LogP) is 2.80. The molecule has 3 heterocycles. The zero-order chi connectivity index (χ0) is 15.6. The van der Waals surface area contributed by atoms with E-state index in [2.05, 4.69) is 33.1 Å². The van der Waals surface area contributed by atoms with E-state index in [1.54, 1.807) is 0 Å². The molecule has 2 aromatic rings. The Hall–Kier alpha value is -2.43. The maximum Gasteiger partial charge on any atom is 0.272 e. The second-order valence-corrected chi connectivity index (χ2v) is 6.14. The van der Waals surface area contributed by atoms with Crippen LogP contribution in [0.15, 0.2) is 36.7 Å². The Labute approximate surface area is 136 Å². The largest absolute Gasteiger partial charge is 0.337 e. The lowest BCUT2D eigenvalue weighted by molar-refractivity contribution is 0.0718. The SMILES string of the molecule is O=C(c1cc(N2CCc3ccccc32)ncn1)N1CCCCC1. The monoisotopic (exact) mass is 308 g/mol. The van der Waals surface area contributed by atoms with Crippen molar-refractivity contribution in [1.82, 2.24) is 14.9 Å². The molecule has 0 radical (unpaired) electrons. The van der Waals surface area contributed by atoms with Gasteiger partial charge in [-0.25, -0.2) is 9.97 Å². The molecular weight excluding hydrogens is 288 g/mol. The summed E-state index contributed by atoms with van der Waals surface area (Å²) in [6, 6.07) is 10.2. The van der Waals surface area contributed by atoms with Crippen LogP contribution in [-0.4, -0.2) is 40.4 Å². The number of likely N-dealkylation sites (tertiary alicyclic amines) is 1. The van der Waals surface area contributed by atoms with E-state index in [1.807, 2.05) is 17.0 Å². The number of hydrogen-bond donors (Lipinski definition) is 0. The number of benzene rings is 1. The number of carbonyl (C=O) groups excluding carboxylic acids is 1. The molecule has 0 unspecified atom stereocenters. The highest BCUT2D eigenvalue weighted by Crippen LogP contribution is 2.33. The maximum absolute atomic E-state index is 12.6. The quantitative estimate of drug-likeness (QED) is 0.856. The van der Waals surface area contributed by atoms with Crippen LogP contribution in [0.1, 0.15) is 35.3 Å². The molecule has 1 fully saturated rings. The summed E-state index contributed by atoms with van der Waals surface area (Å²) in [6.07, 6.45) is 5.90. The first kappa shape index (κ1) is 14.2. The Morgan fingerprint density at radius 3 is 2.70 bits per heavy atom. The Morgan fingerprint density at radius 1 is 1.00 bits per heavy atom. The number of amides is 1. The topological polar surface area (TPSA) is 49.3 Å². The Morgan fingerprint density at radius 2 is 1.83 bits per heavy atom.